The van der Waals surface area contributed by atoms with E-state index in [-0.39, 0.29) is 5.91 Å². The van der Waals surface area contributed by atoms with E-state index >= 15 is 0 Å². The van der Waals surface area contributed by atoms with Crippen molar-refractivity contribution in [3.63, 3.8) is 0 Å². The highest BCUT2D eigenvalue weighted by Gasteiger charge is 2.21. The summed E-state index contributed by atoms with van der Waals surface area (Å²) in [6.07, 6.45) is 3.79. The zero-order valence-electron chi connectivity index (χ0n) is 15.1. The lowest BCUT2D eigenvalue weighted by molar-refractivity contribution is 0.0981. The second kappa shape index (κ2) is 6.70. The summed E-state index contributed by atoms with van der Waals surface area (Å²) in [5.41, 5.74) is 4.18. The smallest absolute Gasteiger partial charge is 0.275 e. The molecule has 28 heavy (non-hydrogen) atoms. The van der Waals surface area contributed by atoms with Gasteiger partial charge in [0.1, 0.15) is 11.3 Å². The molecule has 136 valence electrons. The van der Waals surface area contributed by atoms with Crippen LogP contribution in [-0.2, 0) is 6.54 Å². The fourth-order valence-corrected chi connectivity index (χ4v) is 3.49. The predicted octanol–water partition coefficient (Wildman–Crippen LogP) is 4.66. The molecule has 0 unspecified atom stereocenters. The average Bonchev–Trinajstić information content (AvgIpc) is 3.36. The summed E-state index contributed by atoms with van der Waals surface area (Å²) in [4.78, 5) is 22.9. The summed E-state index contributed by atoms with van der Waals surface area (Å²) in [6, 6.07) is 25.4. The molecular weight excluding hydrogens is 348 g/mol. The zero-order chi connectivity index (χ0) is 18.9. The van der Waals surface area contributed by atoms with E-state index in [2.05, 4.69) is 9.97 Å². The Hall–Kier alpha value is -3.86. The van der Waals surface area contributed by atoms with Crippen LogP contribution in [0.2, 0.25) is 0 Å². The van der Waals surface area contributed by atoms with Crippen molar-refractivity contribution in [2.45, 2.75) is 6.54 Å². The van der Waals surface area contributed by atoms with Gasteiger partial charge in [-0.25, -0.2) is 4.98 Å². The molecule has 0 atom stereocenters. The second-order valence-corrected chi connectivity index (χ2v) is 6.68. The van der Waals surface area contributed by atoms with Crippen molar-refractivity contribution < 1.29 is 4.79 Å². The number of aromatic nitrogens is 3. The number of amides is 1. The first kappa shape index (κ1) is 16.3. The Morgan fingerprint density at radius 3 is 2.61 bits per heavy atom. The van der Waals surface area contributed by atoms with Gasteiger partial charge in [-0.05, 0) is 36.4 Å². The fourth-order valence-electron chi connectivity index (χ4n) is 3.49. The van der Waals surface area contributed by atoms with Crippen LogP contribution < -0.4 is 4.90 Å². The number of H-pyrrole nitrogens is 1. The molecule has 5 aromatic rings. The van der Waals surface area contributed by atoms with Gasteiger partial charge in [-0.15, -0.1) is 0 Å². The number of rotatable bonds is 4. The van der Waals surface area contributed by atoms with Crippen molar-refractivity contribution in [1.82, 2.24) is 14.4 Å². The molecule has 3 aromatic heterocycles. The van der Waals surface area contributed by atoms with Crippen LogP contribution in [0.15, 0.2) is 91.3 Å². The number of hydrogen-bond donors (Lipinski definition) is 1. The number of aromatic amines is 1. The van der Waals surface area contributed by atoms with Crippen LogP contribution in [0.4, 0.5) is 5.69 Å². The van der Waals surface area contributed by atoms with Crippen molar-refractivity contribution >= 4 is 28.1 Å². The lowest BCUT2D eigenvalue weighted by atomic mass is 10.2. The number of carbonyl (C=O) groups excluding carboxylic acids is 1. The maximum atomic E-state index is 13.4. The maximum Gasteiger partial charge on any atom is 0.275 e. The molecule has 0 aliphatic carbocycles. The third kappa shape index (κ3) is 2.83. The van der Waals surface area contributed by atoms with Crippen LogP contribution in [0.25, 0.3) is 16.6 Å². The van der Waals surface area contributed by atoms with Gasteiger partial charge in [0, 0.05) is 22.8 Å². The maximum absolute atomic E-state index is 13.4. The Labute approximate surface area is 161 Å². The van der Waals surface area contributed by atoms with Crippen molar-refractivity contribution in [3.8, 4) is 0 Å². The van der Waals surface area contributed by atoms with Gasteiger partial charge in [-0.1, -0.05) is 42.5 Å². The summed E-state index contributed by atoms with van der Waals surface area (Å²) in [5.74, 6) is -0.0757. The Bertz CT molecular complexity index is 1240. The minimum absolute atomic E-state index is 0.0757. The van der Waals surface area contributed by atoms with E-state index in [9.17, 15) is 4.79 Å². The molecule has 0 aliphatic rings. The highest BCUT2D eigenvalue weighted by atomic mass is 16.2. The largest absolute Gasteiger partial charge is 0.351 e. The van der Waals surface area contributed by atoms with Crippen LogP contribution in [0.5, 0.6) is 0 Å². The topological polar surface area (TPSA) is 53.4 Å². The molecule has 5 heteroatoms. The number of nitrogens with zero attached hydrogens (tertiary/aromatic N) is 3. The molecule has 1 amide bonds. The molecule has 2 aromatic carbocycles. The molecule has 3 heterocycles. The quantitative estimate of drug-likeness (QED) is 0.503. The molecule has 1 N–H and O–H groups in total. The monoisotopic (exact) mass is 366 g/mol. The third-order valence-electron chi connectivity index (χ3n) is 4.89. The van der Waals surface area contributed by atoms with Gasteiger partial charge in [0.05, 0.1) is 18.4 Å². The lowest BCUT2D eigenvalue weighted by Crippen LogP contribution is -2.31. The van der Waals surface area contributed by atoms with Crippen LogP contribution >= 0.6 is 0 Å². The number of pyridine rings is 1. The Kier molecular flexibility index (Phi) is 3.91. The number of benzene rings is 2. The molecule has 0 saturated heterocycles. The first-order chi connectivity index (χ1) is 13.8. The minimum Gasteiger partial charge on any atom is -0.351 e. The number of nitrogens with one attached hydrogen (secondary N) is 1. The highest BCUT2D eigenvalue weighted by Crippen LogP contribution is 2.22. The van der Waals surface area contributed by atoms with E-state index in [1.165, 1.54) is 0 Å². The van der Waals surface area contributed by atoms with E-state index < -0.39 is 0 Å². The van der Waals surface area contributed by atoms with E-state index in [4.69, 9.17) is 0 Å². The zero-order valence-corrected chi connectivity index (χ0v) is 15.1. The molecule has 0 fully saturated rings. The number of hydrogen-bond acceptors (Lipinski definition) is 2. The normalized spacial score (nSPS) is 11.1. The third-order valence-corrected chi connectivity index (χ3v) is 4.89. The fraction of sp³-hybridized carbons (Fsp3) is 0.0435. The van der Waals surface area contributed by atoms with E-state index in [1.54, 1.807) is 4.90 Å². The van der Waals surface area contributed by atoms with Gasteiger partial charge < -0.3 is 14.3 Å². The van der Waals surface area contributed by atoms with Gasteiger partial charge >= 0.3 is 0 Å². The average molecular weight is 366 g/mol. The van der Waals surface area contributed by atoms with Crippen molar-refractivity contribution in [3.05, 3.63) is 103 Å². The standard InChI is InChI=1S/C23H18N4O/c28-23(21-14-17-8-4-5-11-20(17)25-21)27(18-9-2-1-3-10-18)16-19-15-24-22-12-6-7-13-26(19)22/h1-15,25H,16H2. The van der Waals surface area contributed by atoms with Crippen LogP contribution in [-0.4, -0.2) is 20.3 Å². The van der Waals surface area contributed by atoms with Crippen LogP contribution in [0.1, 0.15) is 16.2 Å². The van der Waals surface area contributed by atoms with Crippen molar-refractivity contribution in [2.24, 2.45) is 0 Å². The summed E-state index contributed by atoms with van der Waals surface area (Å²) in [5, 5.41) is 1.02. The van der Waals surface area contributed by atoms with Gasteiger partial charge in [-0.2, -0.15) is 0 Å². The summed E-state index contributed by atoms with van der Waals surface area (Å²) in [7, 11) is 0. The molecule has 5 nitrogen and oxygen atoms in total. The number of imidazole rings is 1. The number of para-hydroxylation sites is 2. The van der Waals surface area contributed by atoms with Crippen LogP contribution in [0.3, 0.4) is 0 Å². The first-order valence-corrected chi connectivity index (χ1v) is 9.15. The SMILES string of the molecule is O=C(c1cc2ccccc2[nH]1)N(Cc1cnc2ccccn12)c1ccccc1. The molecule has 0 radical (unpaired) electrons. The Morgan fingerprint density at radius 2 is 1.75 bits per heavy atom. The van der Waals surface area contributed by atoms with Gasteiger partial charge in [0.25, 0.3) is 5.91 Å². The lowest BCUT2D eigenvalue weighted by Gasteiger charge is -2.22. The molecule has 0 aliphatic heterocycles. The molecule has 0 saturated carbocycles. The van der Waals surface area contributed by atoms with E-state index in [1.807, 2.05) is 95.7 Å². The number of anilines is 1. The Morgan fingerprint density at radius 1 is 0.964 bits per heavy atom. The molecule has 0 spiro atoms. The van der Waals surface area contributed by atoms with Crippen LogP contribution in [0, 0.1) is 0 Å². The highest BCUT2D eigenvalue weighted by molar-refractivity contribution is 6.07. The predicted molar refractivity (Wildman–Crippen MR) is 110 cm³/mol. The number of carbonyl (C=O) groups is 1. The van der Waals surface area contributed by atoms with Gasteiger partial charge in [0.2, 0.25) is 0 Å². The first-order valence-electron chi connectivity index (χ1n) is 9.15. The van der Waals surface area contributed by atoms with Crippen molar-refractivity contribution in [2.75, 3.05) is 4.90 Å². The molecule has 5 rings (SSSR count). The second-order valence-electron chi connectivity index (χ2n) is 6.68. The summed E-state index contributed by atoms with van der Waals surface area (Å²) < 4.78 is 2.01. The van der Waals surface area contributed by atoms with E-state index in [0.717, 1.165) is 27.9 Å². The molecule has 0 bridgehead atoms. The van der Waals surface area contributed by atoms with E-state index in [0.29, 0.717) is 12.2 Å². The molecular formula is C23H18N4O. The van der Waals surface area contributed by atoms with Gasteiger partial charge in [-0.3, -0.25) is 4.79 Å². The summed E-state index contributed by atoms with van der Waals surface area (Å²) >= 11 is 0. The van der Waals surface area contributed by atoms with Gasteiger partial charge in [0.15, 0.2) is 0 Å². The number of fused-ring (bicyclic) bond motifs is 2. The Balaban J connectivity index is 1.57. The summed E-state index contributed by atoms with van der Waals surface area (Å²) in [6.45, 7) is 0.420. The minimum atomic E-state index is -0.0757. The van der Waals surface area contributed by atoms with Crippen molar-refractivity contribution in [1.29, 1.82) is 0 Å².